The van der Waals surface area contributed by atoms with Crippen molar-refractivity contribution >= 4 is 34.0 Å². The summed E-state index contributed by atoms with van der Waals surface area (Å²) >= 11 is 8.14. The van der Waals surface area contributed by atoms with Crippen molar-refractivity contribution in [2.45, 2.75) is 44.1 Å². The lowest BCUT2D eigenvalue weighted by Crippen LogP contribution is -2.28. The lowest BCUT2D eigenvalue weighted by Gasteiger charge is -2.27. The highest BCUT2D eigenvalue weighted by atomic mass is 35.5. The van der Waals surface area contributed by atoms with Crippen LogP contribution in [0.1, 0.15) is 53.3 Å². The SMILES string of the molecule is Cc1ccccc1C1(C(=O)Nc2ncc(C(c3ccccc3Cl)N3CCCC3)s2)CC1. The zero-order chi connectivity index (χ0) is 21.4. The first-order valence-corrected chi connectivity index (χ1v) is 12.1. The Morgan fingerprint density at radius 1 is 1.13 bits per heavy atom. The minimum Gasteiger partial charge on any atom is -0.301 e. The van der Waals surface area contributed by atoms with Crippen LogP contribution in [0.25, 0.3) is 0 Å². The van der Waals surface area contributed by atoms with Gasteiger partial charge in [-0.1, -0.05) is 65.4 Å². The van der Waals surface area contributed by atoms with Crippen molar-refractivity contribution in [3.8, 4) is 0 Å². The Labute approximate surface area is 192 Å². The van der Waals surface area contributed by atoms with Crippen molar-refractivity contribution in [3.05, 3.63) is 81.3 Å². The van der Waals surface area contributed by atoms with E-state index in [1.165, 1.54) is 18.4 Å². The number of nitrogens with zero attached hydrogens (tertiary/aromatic N) is 2. The number of halogens is 1. The van der Waals surface area contributed by atoms with Gasteiger partial charge in [-0.25, -0.2) is 4.98 Å². The number of thiazole rings is 1. The third-order valence-electron chi connectivity index (χ3n) is 6.56. The Bertz CT molecular complexity index is 1100. The number of rotatable bonds is 6. The number of hydrogen-bond donors (Lipinski definition) is 1. The molecule has 3 aromatic rings. The molecule has 0 bridgehead atoms. The maximum absolute atomic E-state index is 13.2. The van der Waals surface area contributed by atoms with Gasteiger partial charge < -0.3 is 5.32 Å². The average Bonchev–Trinajstić information content (AvgIpc) is 3.16. The molecule has 2 aliphatic rings. The third-order valence-corrected chi connectivity index (χ3v) is 7.87. The minimum absolute atomic E-state index is 0.0539. The number of carbonyl (C=O) groups is 1. The van der Waals surface area contributed by atoms with E-state index >= 15 is 0 Å². The summed E-state index contributed by atoms with van der Waals surface area (Å²) in [5.74, 6) is 0.0539. The smallest absolute Gasteiger partial charge is 0.236 e. The van der Waals surface area contributed by atoms with Crippen molar-refractivity contribution in [2.24, 2.45) is 0 Å². The van der Waals surface area contributed by atoms with Crippen LogP contribution in [0.2, 0.25) is 5.02 Å². The van der Waals surface area contributed by atoms with Crippen LogP contribution in [0.15, 0.2) is 54.7 Å². The van der Waals surface area contributed by atoms with Crippen LogP contribution in [-0.2, 0) is 10.2 Å². The fraction of sp³-hybridized carbons (Fsp3) is 0.360. The van der Waals surface area contributed by atoms with Crippen molar-refractivity contribution in [2.75, 3.05) is 18.4 Å². The van der Waals surface area contributed by atoms with Gasteiger partial charge >= 0.3 is 0 Å². The van der Waals surface area contributed by atoms with E-state index in [1.54, 1.807) is 11.3 Å². The molecular weight excluding hydrogens is 426 g/mol. The summed E-state index contributed by atoms with van der Waals surface area (Å²) in [6.07, 6.45) is 6.07. The number of amides is 1. The molecule has 2 aromatic carbocycles. The highest BCUT2D eigenvalue weighted by molar-refractivity contribution is 7.15. The van der Waals surface area contributed by atoms with E-state index < -0.39 is 5.41 Å². The Morgan fingerprint density at radius 2 is 1.84 bits per heavy atom. The predicted molar refractivity (Wildman–Crippen MR) is 127 cm³/mol. The first-order valence-electron chi connectivity index (χ1n) is 10.9. The fourth-order valence-electron chi connectivity index (χ4n) is 4.77. The molecule has 31 heavy (non-hydrogen) atoms. The number of carbonyl (C=O) groups excluding carboxylic acids is 1. The van der Waals surface area contributed by atoms with Crippen LogP contribution in [0.5, 0.6) is 0 Å². The molecule has 1 atom stereocenters. The number of aromatic nitrogens is 1. The van der Waals surface area contributed by atoms with E-state index in [-0.39, 0.29) is 11.9 Å². The van der Waals surface area contributed by atoms with Crippen LogP contribution < -0.4 is 5.32 Å². The number of nitrogens with one attached hydrogen (secondary N) is 1. The summed E-state index contributed by atoms with van der Waals surface area (Å²) in [6.45, 7) is 4.17. The molecule has 1 amide bonds. The molecule has 0 spiro atoms. The van der Waals surface area contributed by atoms with Crippen molar-refractivity contribution in [3.63, 3.8) is 0 Å². The minimum atomic E-state index is -0.408. The van der Waals surface area contributed by atoms with Gasteiger partial charge in [0, 0.05) is 16.1 Å². The van der Waals surface area contributed by atoms with Crippen LogP contribution in [0.3, 0.4) is 0 Å². The van der Waals surface area contributed by atoms with Crippen LogP contribution >= 0.6 is 22.9 Å². The second-order valence-corrected chi connectivity index (χ2v) is 10.1. The van der Waals surface area contributed by atoms with Gasteiger partial charge in [0.15, 0.2) is 5.13 Å². The number of likely N-dealkylation sites (tertiary alicyclic amines) is 1. The third kappa shape index (κ3) is 3.91. The summed E-state index contributed by atoms with van der Waals surface area (Å²) < 4.78 is 0. The van der Waals surface area contributed by atoms with Gasteiger partial charge in [0.1, 0.15) is 0 Å². The van der Waals surface area contributed by atoms with Gasteiger partial charge in [0.25, 0.3) is 0 Å². The average molecular weight is 452 g/mol. The molecule has 1 saturated carbocycles. The molecule has 1 unspecified atom stereocenters. The topological polar surface area (TPSA) is 45.2 Å². The maximum Gasteiger partial charge on any atom is 0.236 e. The molecule has 1 aromatic heterocycles. The van der Waals surface area contributed by atoms with Gasteiger partial charge in [0.05, 0.1) is 11.5 Å². The first kappa shape index (κ1) is 20.7. The number of anilines is 1. The lowest BCUT2D eigenvalue weighted by atomic mass is 9.91. The Morgan fingerprint density at radius 3 is 2.55 bits per heavy atom. The summed E-state index contributed by atoms with van der Waals surface area (Å²) in [5, 5.41) is 4.56. The monoisotopic (exact) mass is 451 g/mol. The Balaban J connectivity index is 1.40. The van der Waals surface area contributed by atoms with Crippen LogP contribution in [-0.4, -0.2) is 28.9 Å². The van der Waals surface area contributed by atoms with Crippen LogP contribution in [0.4, 0.5) is 5.13 Å². The normalized spacial score (nSPS) is 18.6. The highest BCUT2D eigenvalue weighted by Crippen LogP contribution is 2.50. The van der Waals surface area contributed by atoms with E-state index in [1.807, 2.05) is 36.5 Å². The summed E-state index contributed by atoms with van der Waals surface area (Å²) in [7, 11) is 0. The molecule has 4 nitrogen and oxygen atoms in total. The zero-order valence-corrected chi connectivity index (χ0v) is 19.2. The van der Waals surface area contributed by atoms with E-state index in [2.05, 4.69) is 40.3 Å². The standard InChI is InChI=1S/C25H26ClN3OS/c1-17-8-2-4-10-19(17)25(12-13-25)23(30)28-24-27-16-21(31-24)22(29-14-6-7-15-29)18-9-3-5-11-20(18)26/h2-5,8-11,16,22H,6-7,12-15H2,1H3,(H,27,28,30). The summed E-state index contributed by atoms with van der Waals surface area (Å²) in [6, 6.07) is 16.3. The molecule has 160 valence electrons. The number of hydrogen-bond acceptors (Lipinski definition) is 4. The molecule has 1 N–H and O–H groups in total. The van der Waals surface area contributed by atoms with Gasteiger partial charge in [-0.3, -0.25) is 9.69 Å². The molecule has 6 heteroatoms. The van der Waals surface area contributed by atoms with Crippen LogP contribution in [0, 0.1) is 6.92 Å². The second kappa shape index (κ2) is 8.38. The predicted octanol–water partition coefficient (Wildman–Crippen LogP) is 5.96. The van der Waals surface area contributed by atoms with E-state index in [9.17, 15) is 4.79 Å². The van der Waals surface area contributed by atoms with Gasteiger partial charge in [0.2, 0.25) is 5.91 Å². The number of benzene rings is 2. The summed E-state index contributed by atoms with van der Waals surface area (Å²) in [5.41, 5.74) is 3.00. The molecule has 2 fully saturated rings. The highest BCUT2D eigenvalue weighted by Gasteiger charge is 2.52. The van der Waals surface area contributed by atoms with Gasteiger partial charge in [-0.05, 0) is 68.5 Å². The van der Waals surface area contributed by atoms with Gasteiger partial charge in [-0.15, -0.1) is 0 Å². The molecule has 1 aliphatic heterocycles. The molecule has 2 heterocycles. The number of aryl methyl sites for hydroxylation is 1. The Kier molecular flexibility index (Phi) is 5.59. The van der Waals surface area contributed by atoms with E-state index in [4.69, 9.17) is 11.6 Å². The lowest BCUT2D eigenvalue weighted by molar-refractivity contribution is -0.118. The molecule has 5 rings (SSSR count). The summed E-state index contributed by atoms with van der Waals surface area (Å²) in [4.78, 5) is 21.4. The largest absolute Gasteiger partial charge is 0.301 e. The van der Waals surface area contributed by atoms with Crippen molar-refractivity contribution in [1.82, 2.24) is 9.88 Å². The van der Waals surface area contributed by atoms with Crippen molar-refractivity contribution < 1.29 is 4.79 Å². The van der Waals surface area contributed by atoms with Crippen molar-refractivity contribution in [1.29, 1.82) is 0 Å². The quantitative estimate of drug-likeness (QED) is 0.502. The first-order chi connectivity index (χ1) is 15.1. The zero-order valence-electron chi connectivity index (χ0n) is 17.6. The second-order valence-electron chi connectivity index (χ2n) is 8.59. The molecule has 1 saturated heterocycles. The fourth-order valence-corrected chi connectivity index (χ4v) is 5.97. The Hall–Kier alpha value is -2.21. The van der Waals surface area contributed by atoms with E-state index in [0.29, 0.717) is 5.13 Å². The maximum atomic E-state index is 13.2. The van der Waals surface area contributed by atoms with E-state index in [0.717, 1.165) is 47.0 Å². The molecule has 0 radical (unpaired) electrons. The molecule has 1 aliphatic carbocycles. The molecular formula is C25H26ClN3OS. The van der Waals surface area contributed by atoms with Gasteiger partial charge in [-0.2, -0.15) is 0 Å².